The van der Waals surface area contributed by atoms with Gasteiger partial charge in [-0.05, 0) is 57.0 Å². The SMILES string of the molecule is Cc1cccc(C)c1NCCN(C)CCNc1c(C)cccc1C.[Cl-].[Cl-].[Ru+2]. The largest absolute Gasteiger partial charge is 2.00 e. The van der Waals surface area contributed by atoms with Crippen molar-refractivity contribution in [2.75, 3.05) is 43.9 Å². The van der Waals surface area contributed by atoms with Crippen LogP contribution in [0.1, 0.15) is 22.3 Å². The Morgan fingerprint density at radius 2 is 0.963 bits per heavy atom. The number of hydrogen-bond acceptors (Lipinski definition) is 3. The smallest absolute Gasteiger partial charge is 1.00 e. The fraction of sp³-hybridized carbons (Fsp3) is 0.429. The van der Waals surface area contributed by atoms with Crippen molar-refractivity contribution in [1.82, 2.24) is 4.90 Å². The van der Waals surface area contributed by atoms with Crippen molar-refractivity contribution in [3.8, 4) is 0 Å². The van der Waals surface area contributed by atoms with E-state index < -0.39 is 0 Å². The van der Waals surface area contributed by atoms with E-state index >= 15 is 0 Å². The standard InChI is InChI=1S/C21H31N3.2ClH.Ru/c1-16-8-6-9-17(2)20(16)22-12-14-24(5)15-13-23-21-18(3)10-7-11-19(21)4;;;/h6-11,22-23H,12-15H2,1-5H3;2*1H;/q;;;+2/p-2. The molecule has 0 spiro atoms. The molecule has 27 heavy (non-hydrogen) atoms. The van der Waals surface area contributed by atoms with E-state index in [1.165, 1.54) is 33.6 Å². The van der Waals surface area contributed by atoms with E-state index in [-0.39, 0.29) is 44.3 Å². The Kier molecular flexibility index (Phi) is 15.0. The number of para-hydroxylation sites is 2. The Labute approximate surface area is 190 Å². The van der Waals surface area contributed by atoms with Gasteiger partial charge < -0.3 is 40.3 Å². The summed E-state index contributed by atoms with van der Waals surface area (Å²) in [6, 6.07) is 12.9. The summed E-state index contributed by atoms with van der Waals surface area (Å²) in [5, 5.41) is 7.15. The summed E-state index contributed by atoms with van der Waals surface area (Å²) in [6.07, 6.45) is 0. The Hall–Kier alpha value is -0.797. The van der Waals surface area contributed by atoms with Crippen molar-refractivity contribution in [1.29, 1.82) is 0 Å². The fourth-order valence-electron chi connectivity index (χ4n) is 3.04. The van der Waals surface area contributed by atoms with E-state index in [4.69, 9.17) is 0 Å². The van der Waals surface area contributed by atoms with Crippen LogP contribution in [0.15, 0.2) is 36.4 Å². The van der Waals surface area contributed by atoms with Crippen LogP contribution in [0.3, 0.4) is 0 Å². The van der Waals surface area contributed by atoms with Gasteiger partial charge in [-0.1, -0.05) is 36.4 Å². The molecule has 0 unspecified atom stereocenters. The van der Waals surface area contributed by atoms with Crippen LogP contribution in [0.4, 0.5) is 11.4 Å². The summed E-state index contributed by atoms with van der Waals surface area (Å²) in [6.45, 7) is 12.6. The van der Waals surface area contributed by atoms with Gasteiger partial charge in [0.15, 0.2) is 0 Å². The molecular formula is C21H31Cl2N3Ru. The quantitative estimate of drug-likeness (QED) is 0.430. The van der Waals surface area contributed by atoms with Crippen molar-refractivity contribution in [2.24, 2.45) is 0 Å². The summed E-state index contributed by atoms with van der Waals surface area (Å²) in [7, 11) is 2.18. The van der Waals surface area contributed by atoms with E-state index in [9.17, 15) is 0 Å². The maximum atomic E-state index is 3.58. The predicted molar refractivity (Wildman–Crippen MR) is 106 cm³/mol. The molecular weight excluding hydrogens is 466 g/mol. The Bertz CT molecular complexity index is 582. The van der Waals surface area contributed by atoms with Crippen molar-refractivity contribution >= 4 is 11.4 Å². The number of halogens is 2. The Morgan fingerprint density at radius 3 is 1.26 bits per heavy atom. The van der Waals surface area contributed by atoms with Crippen molar-refractivity contribution in [2.45, 2.75) is 27.7 Å². The molecule has 0 aliphatic heterocycles. The van der Waals surface area contributed by atoms with Gasteiger partial charge in [0.05, 0.1) is 0 Å². The van der Waals surface area contributed by atoms with Crippen molar-refractivity contribution in [3.63, 3.8) is 0 Å². The number of hydrogen-bond donors (Lipinski definition) is 2. The molecule has 3 nitrogen and oxygen atoms in total. The van der Waals surface area contributed by atoms with E-state index in [1.807, 2.05) is 0 Å². The zero-order valence-corrected chi connectivity index (χ0v) is 20.1. The summed E-state index contributed by atoms with van der Waals surface area (Å²) < 4.78 is 0. The second kappa shape index (κ2) is 14.2. The van der Waals surface area contributed by atoms with Gasteiger partial charge in [-0.3, -0.25) is 0 Å². The molecule has 0 saturated carbocycles. The zero-order valence-electron chi connectivity index (χ0n) is 16.8. The van der Waals surface area contributed by atoms with Crippen LogP contribution in [0, 0.1) is 27.7 Å². The van der Waals surface area contributed by atoms with Crippen LogP contribution < -0.4 is 35.4 Å². The maximum Gasteiger partial charge on any atom is 2.00 e. The Balaban J connectivity index is 0. The number of anilines is 2. The first-order valence-electron chi connectivity index (χ1n) is 8.77. The van der Waals surface area contributed by atoms with Gasteiger partial charge in [0.1, 0.15) is 0 Å². The second-order valence-corrected chi connectivity index (χ2v) is 6.69. The van der Waals surface area contributed by atoms with Crippen molar-refractivity contribution < 1.29 is 44.3 Å². The first-order chi connectivity index (χ1) is 11.5. The number of benzene rings is 2. The van der Waals surface area contributed by atoms with E-state index in [0.717, 1.165) is 26.2 Å². The topological polar surface area (TPSA) is 27.3 Å². The molecule has 0 amide bonds. The first-order valence-corrected chi connectivity index (χ1v) is 8.77. The molecule has 0 saturated heterocycles. The maximum absolute atomic E-state index is 3.58. The molecule has 2 N–H and O–H groups in total. The monoisotopic (exact) mass is 497 g/mol. The molecule has 0 aliphatic carbocycles. The summed E-state index contributed by atoms with van der Waals surface area (Å²) >= 11 is 0. The van der Waals surface area contributed by atoms with Crippen LogP contribution in [0.2, 0.25) is 0 Å². The number of aryl methyl sites for hydroxylation is 4. The summed E-state index contributed by atoms with van der Waals surface area (Å²) in [5.74, 6) is 0. The predicted octanol–water partition coefficient (Wildman–Crippen LogP) is -1.62. The summed E-state index contributed by atoms with van der Waals surface area (Å²) in [5.41, 5.74) is 7.81. The third kappa shape index (κ3) is 8.83. The molecule has 0 aromatic heterocycles. The van der Waals surface area contributed by atoms with Gasteiger partial charge in [0, 0.05) is 37.6 Å². The normalized spacial score (nSPS) is 9.70. The molecule has 2 aromatic rings. The van der Waals surface area contributed by atoms with Gasteiger partial charge in [0.25, 0.3) is 0 Å². The number of nitrogens with one attached hydrogen (secondary N) is 2. The molecule has 0 radical (unpaired) electrons. The van der Waals surface area contributed by atoms with E-state index in [1.54, 1.807) is 0 Å². The summed E-state index contributed by atoms with van der Waals surface area (Å²) in [4.78, 5) is 2.36. The molecule has 0 aliphatic rings. The van der Waals surface area contributed by atoms with Gasteiger partial charge in [-0.2, -0.15) is 0 Å². The number of nitrogens with zero attached hydrogens (tertiary/aromatic N) is 1. The van der Waals surface area contributed by atoms with E-state index in [2.05, 4.69) is 86.7 Å². The Morgan fingerprint density at radius 1 is 0.667 bits per heavy atom. The minimum absolute atomic E-state index is 0. The average molecular weight is 497 g/mol. The molecule has 6 heteroatoms. The molecule has 0 fully saturated rings. The van der Waals surface area contributed by atoms with Crippen molar-refractivity contribution in [3.05, 3.63) is 58.7 Å². The zero-order chi connectivity index (χ0) is 17.5. The van der Waals surface area contributed by atoms with Crippen LogP contribution >= 0.6 is 0 Å². The fourth-order valence-corrected chi connectivity index (χ4v) is 3.04. The van der Waals surface area contributed by atoms with Crippen LogP contribution in [0.5, 0.6) is 0 Å². The third-order valence-electron chi connectivity index (χ3n) is 4.55. The van der Waals surface area contributed by atoms with Gasteiger partial charge in [-0.25, -0.2) is 0 Å². The van der Waals surface area contributed by atoms with Gasteiger partial charge in [-0.15, -0.1) is 0 Å². The minimum Gasteiger partial charge on any atom is -1.00 e. The molecule has 152 valence electrons. The minimum atomic E-state index is 0. The number of likely N-dealkylation sites (N-methyl/N-ethyl adjacent to an activating group) is 1. The van der Waals surface area contributed by atoms with Crippen LogP contribution in [-0.4, -0.2) is 38.1 Å². The average Bonchev–Trinajstić information content (AvgIpc) is 2.53. The van der Waals surface area contributed by atoms with Crippen LogP contribution in [-0.2, 0) is 19.5 Å². The third-order valence-corrected chi connectivity index (χ3v) is 4.55. The van der Waals surface area contributed by atoms with Crippen LogP contribution in [0.25, 0.3) is 0 Å². The number of rotatable bonds is 8. The first kappa shape index (κ1) is 28.4. The molecule has 2 rings (SSSR count). The molecule has 0 heterocycles. The second-order valence-electron chi connectivity index (χ2n) is 6.69. The van der Waals surface area contributed by atoms with E-state index in [0.29, 0.717) is 0 Å². The molecule has 0 bridgehead atoms. The molecule has 2 aromatic carbocycles. The molecule has 0 atom stereocenters. The van der Waals surface area contributed by atoms with Gasteiger partial charge >= 0.3 is 19.5 Å². The van der Waals surface area contributed by atoms with Gasteiger partial charge in [0.2, 0.25) is 0 Å².